The molecule has 2 aliphatic rings. The standard InChI is InChI=1S/C20H20F2N2O/c1-13-2-4-17(21)16(10-13)14-3-5-18-15(11-14)6-9-24(18)19(25)20(22)7-8-23-12-20/h2-5,10-11,23H,6-9,12H2,1H3. The Bertz CT molecular complexity index is 844. The average Bonchev–Trinajstić information content (AvgIpc) is 3.23. The number of nitrogens with one attached hydrogen (secondary N) is 1. The monoisotopic (exact) mass is 342 g/mol. The predicted molar refractivity (Wildman–Crippen MR) is 94.0 cm³/mol. The highest BCUT2D eigenvalue weighted by molar-refractivity contribution is 6.01. The molecule has 0 radical (unpaired) electrons. The third-order valence-electron chi connectivity index (χ3n) is 5.14. The lowest BCUT2D eigenvalue weighted by molar-refractivity contribution is -0.128. The number of hydrogen-bond donors (Lipinski definition) is 1. The van der Waals surface area contributed by atoms with Crippen molar-refractivity contribution >= 4 is 11.6 Å². The number of carbonyl (C=O) groups is 1. The summed E-state index contributed by atoms with van der Waals surface area (Å²) in [5.41, 5.74) is 2.21. The van der Waals surface area contributed by atoms with Gasteiger partial charge in [0.2, 0.25) is 5.67 Å². The maximum Gasteiger partial charge on any atom is 0.266 e. The van der Waals surface area contributed by atoms with Gasteiger partial charge in [0.1, 0.15) is 5.82 Å². The summed E-state index contributed by atoms with van der Waals surface area (Å²) >= 11 is 0. The molecule has 0 spiro atoms. The second-order valence-electron chi connectivity index (χ2n) is 6.93. The first kappa shape index (κ1) is 16.2. The van der Waals surface area contributed by atoms with E-state index in [1.807, 2.05) is 25.1 Å². The van der Waals surface area contributed by atoms with Crippen LogP contribution in [-0.4, -0.2) is 31.2 Å². The van der Waals surface area contributed by atoms with E-state index in [1.54, 1.807) is 17.0 Å². The first-order valence-corrected chi connectivity index (χ1v) is 8.59. The summed E-state index contributed by atoms with van der Waals surface area (Å²) in [4.78, 5) is 14.2. The van der Waals surface area contributed by atoms with Crippen LogP contribution in [0.3, 0.4) is 0 Å². The number of carbonyl (C=O) groups excluding carboxylic acids is 1. The van der Waals surface area contributed by atoms with Crippen molar-refractivity contribution in [2.75, 3.05) is 24.5 Å². The Labute approximate surface area is 145 Å². The molecular weight excluding hydrogens is 322 g/mol. The average molecular weight is 342 g/mol. The zero-order valence-electron chi connectivity index (χ0n) is 14.1. The van der Waals surface area contributed by atoms with Crippen LogP contribution in [0.4, 0.5) is 14.5 Å². The van der Waals surface area contributed by atoms with Gasteiger partial charge >= 0.3 is 0 Å². The Balaban J connectivity index is 1.67. The molecule has 4 rings (SSSR count). The second kappa shape index (κ2) is 5.92. The lowest BCUT2D eigenvalue weighted by atomic mass is 9.99. The smallest absolute Gasteiger partial charge is 0.266 e. The zero-order chi connectivity index (χ0) is 17.6. The van der Waals surface area contributed by atoms with E-state index in [2.05, 4.69) is 5.32 Å². The fourth-order valence-electron chi connectivity index (χ4n) is 3.73. The van der Waals surface area contributed by atoms with Gasteiger partial charge in [-0.3, -0.25) is 4.79 Å². The van der Waals surface area contributed by atoms with E-state index in [0.29, 0.717) is 25.1 Å². The summed E-state index contributed by atoms with van der Waals surface area (Å²) in [6, 6.07) is 10.5. The number of hydrogen-bond acceptors (Lipinski definition) is 2. The summed E-state index contributed by atoms with van der Waals surface area (Å²) in [5, 5.41) is 2.92. The lowest BCUT2D eigenvalue weighted by Gasteiger charge is -2.25. The van der Waals surface area contributed by atoms with Crippen molar-refractivity contribution in [3.63, 3.8) is 0 Å². The Morgan fingerprint density at radius 2 is 2.08 bits per heavy atom. The van der Waals surface area contributed by atoms with Gasteiger partial charge in [0.05, 0.1) is 0 Å². The van der Waals surface area contributed by atoms with Gasteiger partial charge in [-0.15, -0.1) is 0 Å². The Morgan fingerprint density at radius 1 is 1.24 bits per heavy atom. The van der Waals surface area contributed by atoms with E-state index in [9.17, 15) is 13.6 Å². The molecule has 0 saturated carbocycles. The van der Waals surface area contributed by atoms with Crippen LogP contribution in [0, 0.1) is 12.7 Å². The Morgan fingerprint density at radius 3 is 2.84 bits per heavy atom. The molecule has 2 aromatic carbocycles. The number of rotatable bonds is 2. The van der Waals surface area contributed by atoms with Crippen LogP contribution in [0.5, 0.6) is 0 Å². The Kier molecular flexibility index (Phi) is 3.84. The summed E-state index contributed by atoms with van der Waals surface area (Å²) in [6.07, 6.45) is 0.871. The number of fused-ring (bicyclic) bond motifs is 1. The third-order valence-corrected chi connectivity index (χ3v) is 5.14. The number of benzene rings is 2. The minimum absolute atomic E-state index is 0.0737. The van der Waals surface area contributed by atoms with Crippen molar-refractivity contribution in [1.29, 1.82) is 0 Å². The normalized spacial score (nSPS) is 22.3. The van der Waals surface area contributed by atoms with Crippen LogP contribution in [0.2, 0.25) is 0 Å². The quantitative estimate of drug-likeness (QED) is 0.907. The van der Waals surface area contributed by atoms with Crippen LogP contribution in [0.25, 0.3) is 11.1 Å². The predicted octanol–water partition coefficient (Wildman–Crippen LogP) is 3.39. The molecule has 1 N–H and O–H groups in total. The van der Waals surface area contributed by atoms with Crippen molar-refractivity contribution in [2.24, 2.45) is 0 Å². The first-order valence-electron chi connectivity index (χ1n) is 8.59. The topological polar surface area (TPSA) is 32.3 Å². The maximum absolute atomic E-state index is 14.8. The number of amides is 1. The minimum atomic E-state index is -1.82. The molecule has 1 unspecified atom stereocenters. The van der Waals surface area contributed by atoms with Crippen LogP contribution >= 0.6 is 0 Å². The van der Waals surface area contributed by atoms with Crippen molar-refractivity contribution in [3.8, 4) is 11.1 Å². The molecule has 5 heteroatoms. The SMILES string of the molecule is Cc1ccc(F)c(-c2ccc3c(c2)CCN3C(=O)C2(F)CCNC2)c1. The van der Waals surface area contributed by atoms with E-state index in [-0.39, 0.29) is 18.8 Å². The summed E-state index contributed by atoms with van der Waals surface area (Å²) in [5.74, 6) is -0.734. The molecule has 3 nitrogen and oxygen atoms in total. The lowest BCUT2D eigenvalue weighted by Crippen LogP contribution is -2.47. The highest BCUT2D eigenvalue weighted by Crippen LogP contribution is 2.36. The minimum Gasteiger partial charge on any atom is -0.313 e. The van der Waals surface area contributed by atoms with Gasteiger partial charge in [-0.1, -0.05) is 17.7 Å². The molecular formula is C20H20F2N2O. The van der Waals surface area contributed by atoms with Gasteiger partial charge in [-0.25, -0.2) is 8.78 Å². The number of aryl methyl sites for hydroxylation is 1. The molecule has 130 valence electrons. The first-order chi connectivity index (χ1) is 12.0. The van der Waals surface area contributed by atoms with Gasteiger partial charge in [-0.2, -0.15) is 0 Å². The van der Waals surface area contributed by atoms with Crippen LogP contribution in [0.1, 0.15) is 17.5 Å². The molecule has 2 aliphatic heterocycles. The van der Waals surface area contributed by atoms with Crippen molar-refractivity contribution in [3.05, 3.63) is 53.3 Å². The van der Waals surface area contributed by atoms with Gasteiger partial charge in [0, 0.05) is 30.8 Å². The van der Waals surface area contributed by atoms with Crippen LogP contribution in [0.15, 0.2) is 36.4 Å². The summed E-state index contributed by atoms with van der Waals surface area (Å²) in [7, 11) is 0. The number of nitrogens with zero attached hydrogens (tertiary/aromatic N) is 1. The second-order valence-corrected chi connectivity index (χ2v) is 6.93. The van der Waals surface area contributed by atoms with E-state index in [4.69, 9.17) is 0 Å². The molecule has 1 saturated heterocycles. The number of halogens is 2. The van der Waals surface area contributed by atoms with E-state index in [0.717, 1.165) is 22.4 Å². The molecule has 1 fully saturated rings. The van der Waals surface area contributed by atoms with Gasteiger partial charge in [0.25, 0.3) is 5.91 Å². The third kappa shape index (κ3) is 2.72. The Hall–Kier alpha value is -2.27. The van der Waals surface area contributed by atoms with Gasteiger partial charge in [0.15, 0.2) is 0 Å². The molecule has 2 heterocycles. The van der Waals surface area contributed by atoms with E-state index < -0.39 is 11.6 Å². The number of anilines is 1. The molecule has 1 amide bonds. The molecule has 2 aromatic rings. The largest absolute Gasteiger partial charge is 0.313 e. The molecule has 0 aliphatic carbocycles. The fraction of sp³-hybridized carbons (Fsp3) is 0.350. The van der Waals surface area contributed by atoms with Crippen molar-refractivity contribution < 1.29 is 13.6 Å². The van der Waals surface area contributed by atoms with Crippen LogP contribution in [-0.2, 0) is 11.2 Å². The summed E-state index contributed by atoms with van der Waals surface area (Å²) in [6.45, 7) is 2.99. The van der Waals surface area contributed by atoms with Gasteiger partial charge in [-0.05, 0) is 55.3 Å². The van der Waals surface area contributed by atoms with Crippen LogP contribution < -0.4 is 10.2 Å². The molecule has 25 heavy (non-hydrogen) atoms. The zero-order valence-corrected chi connectivity index (χ0v) is 14.1. The molecule has 0 bridgehead atoms. The summed E-state index contributed by atoms with van der Waals surface area (Å²) < 4.78 is 28.9. The van der Waals surface area contributed by atoms with E-state index in [1.165, 1.54) is 6.07 Å². The highest BCUT2D eigenvalue weighted by Gasteiger charge is 2.45. The van der Waals surface area contributed by atoms with E-state index >= 15 is 0 Å². The van der Waals surface area contributed by atoms with Crippen molar-refractivity contribution in [1.82, 2.24) is 5.32 Å². The fourth-order valence-corrected chi connectivity index (χ4v) is 3.73. The number of alkyl halides is 1. The molecule has 1 atom stereocenters. The molecule has 0 aromatic heterocycles. The maximum atomic E-state index is 14.8. The van der Waals surface area contributed by atoms with Crippen molar-refractivity contribution in [2.45, 2.75) is 25.4 Å². The van der Waals surface area contributed by atoms with Gasteiger partial charge < -0.3 is 10.2 Å². The highest BCUT2D eigenvalue weighted by atomic mass is 19.1.